The molecule has 2 unspecified atom stereocenters. The van der Waals surface area contributed by atoms with Gasteiger partial charge in [-0.15, -0.1) is 11.3 Å². The van der Waals surface area contributed by atoms with Crippen molar-refractivity contribution in [1.82, 2.24) is 4.98 Å². The van der Waals surface area contributed by atoms with Gasteiger partial charge >= 0.3 is 0 Å². The largest absolute Gasteiger partial charge is 0.241 e. The lowest BCUT2D eigenvalue weighted by Gasteiger charge is -2.24. The van der Waals surface area contributed by atoms with Crippen LogP contribution >= 0.6 is 22.9 Å². The van der Waals surface area contributed by atoms with Gasteiger partial charge in [0, 0.05) is 10.9 Å². The summed E-state index contributed by atoms with van der Waals surface area (Å²) in [4.78, 5) is 4.77. The maximum absolute atomic E-state index is 6.02. The van der Waals surface area contributed by atoms with Gasteiger partial charge in [-0.3, -0.25) is 0 Å². The quantitative estimate of drug-likeness (QED) is 0.687. The Morgan fingerprint density at radius 3 is 3.06 bits per heavy atom. The van der Waals surface area contributed by atoms with Gasteiger partial charge < -0.3 is 0 Å². The second kappa shape index (κ2) is 4.58. The van der Waals surface area contributed by atoms with E-state index in [1.165, 1.54) is 35.4 Å². The zero-order valence-corrected chi connectivity index (χ0v) is 11.5. The molecule has 3 heteroatoms. The van der Waals surface area contributed by atoms with E-state index in [9.17, 15) is 0 Å². The molecule has 0 saturated heterocycles. The number of fused-ring (bicyclic) bond motifs is 1. The molecule has 0 radical (unpaired) electrons. The summed E-state index contributed by atoms with van der Waals surface area (Å²) in [5, 5.41) is 2.12. The van der Waals surface area contributed by atoms with Gasteiger partial charge in [0.15, 0.2) is 0 Å². The number of thiazole rings is 1. The average Bonchev–Trinajstić information content (AvgIpc) is 2.72. The van der Waals surface area contributed by atoms with E-state index in [2.05, 4.69) is 6.92 Å². The molecule has 1 nitrogen and oxygen atoms in total. The molecule has 0 spiro atoms. The third kappa shape index (κ3) is 2.34. The van der Waals surface area contributed by atoms with Crippen molar-refractivity contribution in [2.45, 2.75) is 38.5 Å². The molecule has 90 valence electrons. The van der Waals surface area contributed by atoms with Crippen LogP contribution in [0.5, 0.6) is 0 Å². The van der Waals surface area contributed by atoms with Crippen LogP contribution in [0.2, 0.25) is 5.02 Å². The SMILES string of the molecule is CC1CCCC(c2nc3ccc(Cl)cc3s2)C1. The normalized spacial score (nSPS) is 25.3. The fourth-order valence-electron chi connectivity index (χ4n) is 2.75. The molecule has 1 heterocycles. The summed E-state index contributed by atoms with van der Waals surface area (Å²) in [7, 11) is 0. The van der Waals surface area contributed by atoms with Crippen molar-refractivity contribution in [3.63, 3.8) is 0 Å². The summed E-state index contributed by atoms with van der Waals surface area (Å²) in [6.45, 7) is 2.36. The number of nitrogens with zero attached hydrogens (tertiary/aromatic N) is 1. The predicted molar refractivity (Wildman–Crippen MR) is 75.0 cm³/mol. The predicted octanol–water partition coefficient (Wildman–Crippen LogP) is 5.24. The van der Waals surface area contributed by atoms with Crippen molar-refractivity contribution >= 4 is 33.2 Å². The van der Waals surface area contributed by atoms with Gasteiger partial charge in [0.25, 0.3) is 0 Å². The second-order valence-electron chi connectivity index (χ2n) is 5.13. The number of benzene rings is 1. The highest BCUT2D eigenvalue weighted by atomic mass is 35.5. The van der Waals surface area contributed by atoms with Crippen LogP contribution in [0.25, 0.3) is 10.2 Å². The minimum Gasteiger partial charge on any atom is -0.241 e. The van der Waals surface area contributed by atoms with Gasteiger partial charge in [0.1, 0.15) is 0 Å². The highest BCUT2D eigenvalue weighted by Crippen LogP contribution is 2.39. The van der Waals surface area contributed by atoms with Crippen LogP contribution in [0, 0.1) is 5.92 Å². The van der Waals surface area contributed by atoms with Crippen molar-refractivity contribution in [3.05, 3.63) is 28.2 Å². The summed E-state index contributed by atoms with van der Waals surface area (Å²) in [6.07, 6.45) is 5.33. The number of aromatic nitrogens is 1. The first-order chi connectivity index (χ1) is 8.22. The van der Waals surface area contributed by atoms with Crippen molar-refractivity contribution in [2.24, 2.45) is 5.92 Å². The summed E-state index contributed by atoms with van der Waals surface area (Å²) in [5.74, 6) is 1.53. The third-order valence-corrected chi connectivity index (χ3v) is 5.07. The maximum atomic E-state index is 6.02. The minimum absolute atomic E-state index is 0.676. The number of halogens is 1. The van der Waals surface area contributed by atoms with Crippen LogP contribution in [0.4, 0.5) is 0 Å². The Balaban J connectivity index is 1.94. The van der Waals surface area contributed by atoms with Crippen LogP contribution < -0.4 is 0 Å². The van der Waals surface area contributed by atoms with Crippen LogP contribution in [-0.2, 0) is 0 Å². The molecule has 2 aromatic rings. The lowest BCUT2D eigenvalue weighted by molar-refractivity contribution is 0.344. The molecule has 1 aliphatic rings. The Morgan fingerprint density at radius 2 is 2.24 bits per heavy atom. The number of hydrogen-bond donors (Lipinski definition) is 0. The Labute approximate surface area is 111 Å². The van der Waals surface area contributed by atoms with Crippen molar-refractivity contribution in [2.75, 3.05) is 0 Å². The lowest BCUT2D eigenvalue weighted by atomic mass is 9.83. The van der Waals surface area contributed by atoms with Crippen molar-refractivity contribution < 1.29 is 0 Å². The van der Waals surface area contributed by atoms with E-state index >= 15 is 0 Å². The van der Waals surface area contributed by atoms with Gasteiger partial charge in [0.05, 0.1) is 15.2 Å². The maximum Gasteiger partial charge on any atom is 0.0969 e. The summed E-state index contributed by atoms with van der Waals surface area (Å²) >= 11 is 7.84. The fourth-order valence-corrected chi connectivity index (χ4v) is 4.14. The Bertz CT molecular complexity index is 534. The Morgan fingerprint density at radius 1 is 1.35 bits per heavy atom. The fraction of sp³-hybridized carbons (Fsp3) is 0.500. The molecular weight excluding hydrogens is 250 g/mol. The first-order valence-corrected chi connectivity index (χ1v) is 7.48. The van der Waals surface area contributed by atoms with E-state index in [4.69, 9.17) is 16.6 Å². The highest BCUT2D eigenvalue weighted by molar-refractivity contribution is 7.18. The molecule has 0 aliphatic heterocycles. The van der Waals surface area contributed by atoms with E-state index < -0.39 is 0 Å². The lowest BCUT2D eigenvalue weighted by Crippen LogP contribution is -2.11. The smallest absolute Gasteiger partial charge is 0.0969 e. The highest BCUT2D eigenvalue weighted by Gasteiger charge is 2.23. The summed E-state index contributed by atoms with van der Waals surface area (Å²) < 4.78 is 1.23. The third-order valence-electron chi connectivity index (χ3n) is 3.65. The molecule has 3 rings (SSSR count). The monoisotopic (exact) mass is 265 g/mol. The first-order valence-electron chi connectivity index (χ1n) is 6.28. The average molecular weight is 266 g/mol. The van der Waals surface area contributed by atoms with Crippen molar-refractivity contribution in [1.29, 1.82) is 0 Å². The van der Waals surface area contributed by atoms with Gasteiger partial charge in [-0.05, 0) is 37.0 Å². The molecule has 0 amide bonds. The molecule has 1 aromatic heterocycles. The molecule has 1 aromatic carbocycles. The van der Waals surface area contributed by atoms with Crippen LogP contribution in [-0.4, -0.2) is 4.98 Å². The molecule has 1 saturated carbocycles. The zero-order chi connectivity index (χ0) is 11.8. The van der Waals surface area contributed by atoms with E-state index in [1.807, 2.05) is 29.5 Å². The Hall–Kier alpha value is -0.600. The van der Waals surface area contributed by atoms with E-state index in [-0.39, 0.29) is 0 Å². The van der Waals surface area contributed by atoms with Gasteiger partial charge in [-0.25, -0.2) is 4.98 Å². The molecule has 0 N–H and O–H groups in total. The van der Waals surface area contributed by atoms with Crippen LogP contribution in [0.15, 0.2) is 18.2 Å². The zero-order valence-electron chi connectivity index (χ0n) is 9.95. The molecular formula is C14H16ClNS. The topological polar surface area (TPSA) is 12.9 Å². The first kappa shape index (κ1) is 11.5. The Kier molecular flexibility index (Phi) is 3.10. The molecule has 1 aliphatic carbocycles. The minimum atomic E-state index is 0.676. The van der Waals surface area contributed by atoms with Gasteiger partial charge in [-0.1, -0.05) is 31.4 Å². The molecule has 0 bridgehead atoms. The summed E-state index contributed by atoms with van der Waals surface area (Å²) in [6, 6.07) is 5.99. The van der Waals surface area contributed by atoms with E-state index in [1.54, 1.807) is 0 Å². The molecule has 1 fully saturated rings. The van der Waals surface area contributed by atoms with Gasteiger partial charge in [0.2, 0.25) is 0 Å². The van der Waals surface area contributed by atoms with Crippen LogP contribution in [0.1, 0.15) is 43.5 Å². The number of hydrogen-bond acceptors (Lipinski definition) is 2. The number of rotatable bonds is 1. The van der Waals surface area contributed by atoms with E-state index in [0.717, 1.165) is 16.5 Å². The second-order valence-corrected chi connectivity index (χ2v) is 6.63. The summed E-state index contributed by atoms with van der Waals surface area (Å²) in [5.41, 5.74) is 1.10. The molecule has 2 atom stereocenters. The van der Waals surface area contributed by atoms with E-state index in [0.29, 0.717) is 5.92 Å². The molecule has 17 heavy (non-hydrogen) atoms. The van der Waals surface area contributed by atoms with Gasteiger partial charge in [-0.2, -0.15) is 0 Å². The van der Waals surface area contributed by atoms with Crippen LogP contribution in [0.3, 0.4) is 0 Å². The van der Waals surface area contributed by atoms with Crippen molar-refractivity contribution in [3.8, 4) is 0 Å². The standard InChI is InChI=1S/C14H16ClNS/c1-9-3-2-4-10(7-9)14-16-12-6-5-11(15)8-13(12)17-14/h5-6,8-10H,2-4,7H2,1H3.